The summed E-state index contributed by atoms with van der Waals surface area (Å²) in [6.45, 7) is 0. The van der Waals surface area contributed by atoms with Crippen LogP contribution in [-0.2, 0) is 19.7 Å². The highest BCUT2D eigenvalue weighted by Gasteiger charge is 2.62. The fourth-order valence-corrected chi connectivity index (χ4v) is 8.64. The Bertz CT molecular complexity index is 850. The largest absolute Gasteiger partial charge is 0.390 e. The van der Waals surface area contributed by atoms with E-state index in [2.05, 4.69) is 0 Å². The maximum Gasteiger partial charge on any atom is 0.207 e. The molecule has 0 spiro atoms. The van der Waals surface area contributed by atoms with Crippen molar-refractivity contribution >= 4 is 19.7 Å². The Morgan fingerprint density at radius 3 is 1.54 bits per heavy atom. The van der Waals surface area contributed by atoms with Gasteiger partial charge in [0.1, 0.15) is 0 Å². The molecule has 1 saturated carbocycles. The first-order chi connectivity index (χ1) is 11.3. The summed E-state index contributed by atoms with van der Waals surface area (Å²) < 4.78 is 50.7. The van der Waals surface area contributed by atoms with E-state index in [0.717, 1.165) is 0 Å². The summed E-state index contributed by atoms with van der Waals surface area (Å²) in [6, 6.07) is 14.9. The van der Waals surface area contributed by atoms with Gasteiger partial charge in [-0.1, -0.05) is 36.4 Å². The van der Waals surface area contributed by atoms with E-state index >= 15 is 0 Å². The lowest BCUT2D eigenvalue weighted by atomic mass is 10.3. The minimum Gasteiger partial charge on any atom is -0.390 e. The zero-order valence-electron chi connectivity index (χ0n) is 12.9. The Morgan fingerprint density at radius 1 is 0.792 bits per heavy atom. The van der Waals surface area contributed by atoms with Crippen molar-refractivity contribution < 1.29 is 21.9 Å². The van der Waals surface area contributed by atoms with E-state index in [1.165, 1.54) is 48.5 Å². The average molecular weight is 366 g/mol. The molecule has 3 rings (SSSR count). The number of aliphatic hydroxyl groups is 1. The second-order valence-electron chi connectivity index (χ2n) is 5.85. The van der Waals surface area contributed by atoms with E-state index < -0.39 is 29.9 Å². The van der Waals surface area contributed by atoms with E-state index in [1.54, 1.807) is 12.1 Å². The number of aliphatic hydroxyl groups excluding tert-OH is 1. The van der Waals surface area contributed by atoms with Crippen molar-refractivity contribution in [3.05, 3.63) is 60.7 Å². The molecule has 7 heteroatoms. The molecule has 0 bridgehead atoms. The summed E-state index contributed by atoms with van der Waals surface area (Å²) in [4.78, 5) is -0.184. The zero-order chi connectivity index (χ0) is 17.4. The summed E-state index contributed by atoms with van der Waals surface area (Å²) in [5, 5.41) is 10.5. The molecule has 0 amide bonds. The predicted molar refractivity (Wildman–Crippen MR) is 89.8 cm³/mol. The third-order valence-electron chi connectivity index (χ3n) is 4.53. The molecule has 5 nitrogen and oxygen atoms in total. The molecule has 1 N–H and O–H groups in total. The van der Waals surface area contributed by atoms with Crippen LogP contribution in [0.1, 0.15) is 19.3 Å². The second-order valence-corrected chi connectivity index (χ2v) is 10.5. The lowest BCUT2D eigenvalue weighted by molar-refractivity contribution is 0.172. The quantitative estimate of drug-likeness (QED) is 0.896. The van der Waals surface area contributed by atoms with Gasteiger partial charge in [0.25, 0.3) is 0 Å². The van der Waals surface area contributed by atoms with Crippen LogP contribution in [0.5, 0.6) is 0 Å². The molecule has 1 aliphatic carbocycles. The molecular weight excluding hydrogens is 348 g/mol. The van der Waals surface area contributed by atoms with E-state index in [1.807, 2.05) is 0 Å². The molecule has 0 radical (unpaired) electrons. The van der Waals surface area contributed by atoms with Gasteiger partial charge in [-0.15, -0.1) is 0 Å². The maximum atomic E-state index is 13.2. The lowest BCUT2D eigenvalue weighted by Gasteiger charge is -2.32. The number of sulfone groups is 2. The minimum atomic E-state index is -4.29. The van der Waals surface area contributed by atoms with Crippen molar-refractivity contribution in [3.63, 3.8) is 0 Å². The molecule has 0 saturated heterocycles. The topological polar surface area (TPSA) is 88.5 Å². The molecule has 1 unspecified atom stereocenters. The van der Waals surface area contributed by atoms with Crippen LogP contribution in [0.4, 0.5) is 0 Å². The number of hydrogen-bond acceptors (Lipinski definition) is 5. The monoisotopic (exact) mass is 366 g/mol. The van der Waals surface area contributed by atoms with Gasteiger partial charge in [-0.25, -0.2) is 16.8 Å². The maximum absolute atomic E-state index is 13.2. The Morgan fingerprint density at radius 2 is 1.21 bits per heavy atom. The number of hydrogen-bond donors (Lipinski definition) is 1. The number of benzene rings is 2. The fourth-order valence-electron chi connectivity index (χ4n) is 3.30. The normalized spacial score (nSPS) is 20.8. The van der Waals surface area contributed by atoms with E-state index in [4.69, 9.17) is 0 Å². The standard InChI is InChI=1S/C17H18O5S2/c18-16-12-7-13-17(16,23(19,20)14-8-3-1-4-9-14)24(21,22)15-10-5-2-6-11-15/h1-6,8-11,16,18H,7,12-13H2. The molecule has 1 aliphatic rings. The molecule has 128 valence electrons. The van der Waals surface area contributed by atoms with Crippen molar-refractivity contribution in [3.8, 4) is 0 Å². The van der Waals surface area contributed by atoms with Crippen LogP contribution in [0, 0.1) is 0 Å². The first-order valence-electron chi connectivity index (χ1n) is 7.61. The highest BCUT2D eigenvalue weighted by Crippen LogP contribution is 2.47. The van der Waals surface area contributed by atoms with Gasteiger partial charge in [0.05, 0.1) is 15.9 Å². The molecule has 24 heavy (non-hydrogen) atoms. The molecule has 2 aromatic rings. The van der Waals surface area contributed by atoms with Gasteiger partial charge in [-0.05, 0) is 43.5 Å². The molecule has 1 atom stereocenters. The van der Waals surface area contributed by atoms with Gasteiger partial charge in [0.15, 0.2) is 0 Å². The van der Waals surface area contributed by atoms with Crippen LogP contribution in [0.15, 0.2) is 70.5 Å². The van der Waals surface area contributed by atoms with Gasteiger partial charge >= 0.3 is 0 Å². The summed E-state index contributed by atoms with van der Waals surface area (Å²) in [7, 11) is -8.59. The number of rotatable bonds is 4. The second kappa shape index (κ2) is 5.98. The van der Waals surface area contributed by atoms with Gasteiger partial charge in [-0.3, -0.25) is 0 Å². The Balaban J connectivity index is 2.29. The Hall–Kier alpha value is -1.70. The van der Waals surface area contributed by atoms with Crippen molar-refractivity contribution in [1.29, 1.82) is 0 Å². The summed E-state index contributed by atoms with van der Waals surface area (Å²) in [5.41, 5.74) is 0. The van der Waals surface area contributed by atoms with Crippen LogP contribution in [0.25, 0.3) is 0 Å². The molecule has 0 aliphatic heterocycles. The summed E-state index contributed by atoms with van der Waals surface area (Å²) in [6.07, 6.45) is -1.12. The van der Waals surface area contributed by atoms with Crippen LogP contribution < -0.4 is 0 Å². The molecule has 2 aromatic carbocycles. The first kappa shape index (κ1) is 17.1. The van der Waals surface area contributed by atoms with E-state index in [-0.39, 0.29) is 22.6 Å². The SMILES string of the molecule is O=S(=O)(c1ccccc1)C1(S(=O)(=O)c2ccccc2)CCCC1O. The molecule has 1 fully saturated rings. The van der Waals surface area contributed by atoms with Crippen LogP contribution >= 0.6 is 0 Å². The highest BCUT2D eigenvalue weighted by atomic mass is 32.3. The molecule has 0 aromatic heterocycles. The molecule has 0 heterocycles. The summed E-state index contributed by atoms with van der Waals surface area (Å²) >= 11 is 0. The summed E-state index contributed by atoms with van der Waals surface area (Å²) in [5.74, 6) is 0. The zero-order valence-corrected chi connectivity index (χ0v) is 14.5. The van der Waals surface area contributed by atoms with Gasteiger partial charge < -0.3 is 5.11 Å². The first-order valence-corrected chi connectivity index (χ1v) is 10.6. The highest BCUT2D eigenvalue weighted by molar-refractivity contribution is 8.10. The van der Waals surface area contributed by atoms with Crippen LogP contribution in [0.3, 0.4) is 0 Å². The van der Waals surface area contributed by atoms with Gasteiger partial charge in [0, 0.05) is 0 Å². The third-order valence-corrected chi connectivity index (χ3v) is 10.4. The lowest BCUT2D eigenvalue weighted by Crippen LogP contribution is -2.52. The fraction of sp³-hybridized carbons (Fsp3) is 0.294. The van der Waals surface area contributed by atoms with E-state index in [0.29, 0.717) is 6.42 Å². The van der Waals surface area contributed by atoms with Crippen LogP contribution in [0.2, 0.25) is 0 Å². The van der Waals surface area contributed by atoms with Crippen molar-refractivity contribution in [2.75, 3.05) is 0 Å². The average Bonchev–Trinajstić information content (AvgIpc) is 3.00. The van der Waals surface area contributed by atoms with Gasteiger partial charge in [0.2, 0.25) is 23.8 Å². The smallest absolute Gasteiger partial charge is 0.207 e. The van der Waals surface area contributed by atoms with Crippen molar-refractivity contribution in [2.24, 2.45) is 0 Å². The Kier molecular flexibility index (Phi) is 4.27. The predicted octanol–water partition coefficient (Wildman–Crippen LogP) is 2.18. The molecular formula is C17H18O5S2. The van der Waals surface area contributed by atoms with Gasteiger partial charge in [-0.2, -0.15) is 0 Å². The van der Waals surface area contributed by atoms with E-state index in [9.17, 15) is 21.9 Å². The van der Waals surface area contributed by atoms with Crippen molar-refractivity contribution in [2.45, 2.75) is 39.2 Å². The third kappa shape index (κ3) is 2.30. The minimum absolute atomic E-state index is 0.0922. The Labute approximate surface area is 141 Å². The van der Waals surface area contributed by atoms with Crippen LogP contribution in [-0.4, -0.2) is 32.1 Å². The van der Waals surface area contributed by atoms with Crippen molar-refractivity contribution in [1.82, 2.24) is 0 Å².